The van der Waals surface area contributed by atoms with Crippen molar-refractivity contribution in [1.29, 1.82) is 0 Å². The van der Waals surface area contributed by atoms with Gasteiger partial charge in [-0.3, -0.25) is 0 Å². The van der Waals surface area contributed by atoms with Gasteiger partial charge >= 0.3 is 0 Å². The lowest BCUT2D eigenvalue weighted by atomic mass is 10.2. The monoisotopic (exact) mass is 351 g/mol. The van der Waals surface area contributed by atoms with E-state index in [1.54, 1.807) is 25.3 Å². The van der Waals surface area contributed by atoms with Crippen molar-refractivity contribution in [2.45, 2.75) is 11.4 Å². The molecule has 0 saturated carbocycles. The molecule has 0 unspecified atom stereocenters. The number of rotatable bonds is 7. The molecule has 0 fully saturated rings. The standard InChI is InChI=1S/C17H18ClNO3S/c1-3-12-22-16-8-4-14(5-9-16)13-19(2)23(20,21)17-10-6-15(18)7-11-17/h3-11H,1,12-13H2,2H3. The van der Waals surface area contributed by atoms with E-state index in [0.717, 1.165) is 11.3 Å². The van der Waals surface area contributed by atoms with Gasteiger partial charge in [0.05, 0.1) is 4.90 Å². The molecule has 122 valence electrons. The minimum absolute atomic E-state index is 0.218. The van der Waals surface area contributed by atoms with Crippen LogP contribution in [0.5, 0.6) is 5.75 Å². The van der Waals surface area contributed by atoms with Gasteiger partial charge in [-0.15, -0.1) is 0 Å². The topological polar surface area (TPSA) is 46.6 Å². The Labute approximate surface area is 142 Å². The molecule has 0 saturated heterocycles. The van der Waals surface area contributed by atoms with Crippen LogP contribution in [-0.4, -0.2) is 26.4 Å². The molecule has 6 heteroatoms. The molecule has 23 heavy (non-hydrogen) atoms. The number of hydrogen-bond donors (Lipinski definition) is 0. The summed E-state index contributed by atoms with van der Waals surface area (Å²) in [6.07, 6.45) is 1.67. The maximum atomic E-state index is 12.5. The fraction of sp³-hybridized carbons (Fsp3) is 0.176. The van der Waals surface area contributed by atoms with Crippen LogP contribution in [0.2, 0.25) is 5.02 Å². The van der Waals surface area contributed by atoms with E-state index in [1.165, 1.54) is 16.4 Å². The number of sulfonamides is 1. The summed E-state index contributed by atoms with van der Waals surface area (Å²) in [5, 5.41) is 0.502. The van der Waals surface area contributed by atoms with E-state index in [4.69, 9.17) is 16.3 Å². The normalized spacial score (nSPS) is 11.4. The van der Waals surface area contributed by atoms with E-state index in [9.17, 15) is 8.42 Å². The molecular weight excluding hydrogens is 334 g/mol. The van der Waals surface area contributed by atoms with Gasteiger partial charge in [-0.05, 0) is 42.0 Å². The molecule has 0 atom stereocenters. The van der Waals surface area contributed by atoms with Gasteiger partial charge in [-0.25, -0.2) is 8.42 Å². The van der Waals surface area contributed by atoms with Crippen molar-refractivity contribution >= 4 is 21.6 Å². The lowest BCUT2D eigenvalue weighted by Crippen LogP contribution is -2.26. The van der Waals surface area contributed by atoms with Crippen LogP contribution in [0.1, 0.15) is 5.56 Å². The maximum absolute atomic E-state index is 12.5. The average Bonchev–Trinajstić information content (AvgIpc) is 2.54. The van der Waals surface area contributed by atoms with Crippen molar-refractivity contribution in [2.24, 2.45) is 0 Å². The summed E-state index contributed by atoms with van der Waals surface area (Å²) < 4.78 is 31.7. The minimum Gasteiger partial charge on any atom is -0.490 e. The van der Waals surface area contributed by atoms with Crippen LogP contribution >= 0.6 is 11.6 Å². The van der Waals surface area contributed by atoms with Gasteiger partial charge in [-0.2, -0.15) is 4.31 Å². The van der Waals surface area contributed by atoms with Crippen LogP contribution in [0.3, 0.4) is 0 Å². The van der Waals surface area contributed by atoms with Crippen LogP contribution in [0.15, 0.2) is 66.1 Å². The van der Waals surface area contributed by atoms with Gasteiger partial charge in [-0.1, -0.05) is 36.4 Å². The lowest BCUT2D eigenvalue weighted by molar-refractivity contribution is 0.363. The number of nitrogens with zero attached hydrogens (tertiary/aromatic N) is 1. The number of hydrogen-bond acceptors (Lipinski definition) is 3. The second kappa shape index (κ2) is 7.64. The smallest absolute Gasteiger partial charge is 0.243 e. The van der Waals surface area contributed by atoms with E-state index >= 15 is 0 Å². The van der Waals surface area contributed by atoms with E-state index in [1.807, 2.05) is 24.3 Å². The SMILES string of the molecule is C=CCOc1ccc(CN(C)S(=O)(=O)c2ccc(Cl)cc2)cc1. The second-order valence-electron chi connectivity index (χ2n) is 4.96. The predicted octanol–water partition coefficient (Wildman–Crippen LogP) is 3.73. The van der Waals surface area contributed by atoms with Crippen molar-refractivity contribution in [2.75, 3.05) is 13.7 Å². The molecule has 2 rings (SSSR count). The molecule has 0 radical (unpaired) electrons. The first-order valence-corrected chi connectivity index (χ1v) is 8.80. The third kappa shape index (κ3) is 4.58. The summed E-state index contributed by atoms with van der Waals surface area (Å²) in [5.41, 5.74) is 0.871. The Morgan fingerprint density at radius 2 is 1.74 bits per heavy atom. The highest BCUT2D eigenvalue weighted by molar-refractivity contribution is 7.89. The van der Waals surface area contributed by atoms with Crippen LogP contribution in [0.25, 0.3) is 0 Å². The molecule has 0 heterocycles. The summed E-state index contributed by atoms with van der Waals surface area (Å²) in [7, 11) is -2.00. The van der Waals surface area contributed by atoms with E-state index in [2.05, 4.69) is 6.58 Å². The third-order valence-electron chi connectivity index (χ3n) is 3.22. The van der Waals surface area contributed by atoms with Crippen molar-refractivity contribution < 1.29 is 13.2 Å². The number of benzene rings is 2. The maximum Gasteiger partial charge on any atom is 0.243 e. The van der Waals surface area contributed by atoms with Gasteiger partial charge in [0.2, 0.25) is 10.0 Å². The highest BCUT2D eigenvalue weighted by Crippen LogP contribution is 2.20. The van der Waals surface area contributed by atoms with Crippen molar-refractivity contribution in [3.8, 4) is 5.75 Å². The van der Waals surface area contributed by atoms with Crippen LogP contribution in [0, 0.1) is 0 Å². The van der Waals surface area contributed by atoms with Crippen LogP contribution in [-0.2, 0) is 16.6 Å². The highest BCUT2D eigenvalue weighted by atomic mass is 35.5. The Hall–Kier alpha value is -1.82. The quantitative estimate of drug-likeness (QED) is 0.714. The summed E-state index contributed by atoms with van der Waals surface area (Å²) in [6, 6.07) is 13.4. The first-order chi connectivity index (χ1) is 10.9. The zero-order valence-electron chi connectivity index (χ0n) is 12.8. The Kier molecular flexibility index (Phi) is 5.82. The zero-order chi connectivity index (χ0) is 16.9. The van der Waals surface area contributed by atoms with E-state index in [-0.39, 0.29) is 11.4 Å². The molecule has 0 bridgehead atoms. The molecule has 0 aliphatic carbocycles. The molecule has 0 spiro atoms. The van der Waals surface area contributed by atoms with Gasteiger partial charge < -0.3 is 4.74 Å². The summed E-state index contributed by atoms with van der Waals surface area (Å²) >= 11 is 5.80. The largest absolute Gasteiger partial charge is 0.490 e. The zero-order valence-corrected chi connectivity index (χ0v) is 14.3. The summed E-state index contributed by atoms with van der Waals surface area (Å²) in [4.78, 5) is 0.218. The molecule has 2 aromatic rings. The Morgan fingerprint density at radius 3 is 2.30 bits per heavy atom. The molecule has 0 aliphatic heterocycles. The molecule has 0 amide bonds. The fourth-order valence-electron chi connectivity index (χ4n) is 1.97. The number of halogens is 1. The first-order valence-electron chi connectivity index (χ1n) is 6.98. The van der Waals surface area contributed by atoms with Crippen molar-refractivity contribution in [1.82, 2.24) is 4.31 Å². The molecule has 4 nitrogen and oxygen atoms in total. The van der Waals surface area contributed by atoms with Gasteiger partial charge in [0, 0.05) is 18.6 Å². The van der Waals surface area contributed by atoms with E-state index in [0.29, 0.717) is 11.6 Å². The summed E-state index contributed by atoms with van der Waals surface area (Å²) in [5.74, 6) is 0.719. The Balaban J connectivity index is 2.09. The van der Waals surface area contributed by atoms with Crippen LogP contribution < -0.4 is 4.74 Å². The average molecular weight is 352 g/mol. The highest BCUT2D eigenvalue weighted by Gasteiger charge is 2.20. The molecule has 0 N–H and O–H groups in total. The van der Waals surface area contributed by atoms with Crippen molar-refractivity contribution in [3.63, 3.8) is 0 Å². The van der Waals surface area contributed by atoms with Crippen LogP contribution in [0.4, 0.5) is 0 Å². The molecule has 0 aromatic heterocycles. The fourth-order valence-corrected chi connectivity index (χ4v) is 3.26. The second-order valence-corrected chi connectivity index (χ2v) is 7.44. The van der Waals surface area contributed by atoms with Gasteiger partial charge in [0.15, 0.2) is 0 Å². The first kappa shape index (κ1) is 17.5. The third-order valence-corrected chi connectivity index (χ3v) is 5.29. The Bertz CT molecular complexity index is 755. The van der Waals surface area contributed by atoms with Gasteiger partial charge in [0.1, 0.15) is 12.4 Å². The minimum atomic E-state index is -3.55. The number of ether oxygens (including phenoxy) is 1. The van der Waals surface area contributed by atoms with Gasteiger partial charge in [0.25, 0.3) is 0 Å². The predicted molar refractivity (Wildman–Crippen MR) is 92.2 cm³/mol. The Morgan fingerprint density at radius 1 is 1.13 bits per heavy atom. The van der Waals surface area contributed by atoms with Crippen molar-refractivity contribution in [3.05, 3.63) is 71.8 Å². The lowest BCUT2D eigenvalue weighted by Gasteiger charge is -2.17. The molecule has 2 aromatic carbocycles. The molecular formula is C17H18ClNO3S. The van der Waals surface area contributed by atoms with E-state index < -0.39 is 10.0 Å². The summed E-state index contributed by atoms with van der Waals surface area (Å²) in [6.45, 7) is 4.29. The molecule has 0 aliphatic rings.